The van der Waals surface area contributed by atoms with Gasteiger partial charge in [-0.05, 0) is 49.3 Å². The summed E-state index contributed by atoms with van der Waals surface area (Å²) in [6, 6.07) is 7.63. The molecule has 1 aromatic carbocycles. The van der Waals surface area contributed by atoms with Gasteiger partial charge in [-0.2, -0.15) is 9.97 Å². The van der Waals surface area contributed by atoms with Crippen LogP contribution < -0.4 is 15.0 Å². The topological polar surface area (TPSA) is 87.6 Å². The van der Waals surface area contributed by atoms with E-state index < -0.39 is 5.97 Å². The summed E-state index contributed by atoms with van der Waals surface area (Å²) in [5, 5.41) is 14.1. The fourth-order valence-corrected chi connectivity index (χ4v) is 4.57. The van der Waals surface area contributed by atoms with Crippen LogP contribution in [0.3, 0.4) is 0 Å². The molecule has 31 heavy (non-hydrogen) atoms. The van der Waals surface area contributed by atoms with Crippen molar-refractivity contribution in [3.8, 4) is 6.01 Å². The average molecular weight is 467 g/mol. The zero-order valence-corrected chi connectivity index (χ0v) is 19.3. The molecule has 0 spiro atoms. The Morgan fingerprint density at radius 3 is 2.84 bits per heavy atom. The third-order valence-electron chi connectivity index (χ3n) is 5.70. The summed E-state index contributed by atoms with van der Waals surface area (Å²) in [6.45, 7) is 4.04. The normalized spacial score (nSPS) is 17.3. The molecule has 1 aliphatic rings. The summed E-state index contributed by atoms with van der Waals surface area (Å²) in [5.74, 6) is 0.426. The highest BCUT2D eigenvalue weighted by atomic mass is 35.5. The first-order valence-corrected chi connectivity index (χ1v) is 11.3. The van der Waals surface area contributed by atoms with Gasteiger partial charge in [0, 0.05) is 35.7 Å². The van der Waals surface area contributed by atoms with Crippen molar-refractivity contribution in [1.82, 2.24) is 9.97 Å². The third kappa shape index (κ3) is 6.14. The number of aliphatic carboxylic acids is 1. The predicted octanol–water partition coefficient (Wildman–Crippen LogP) is 4.77. The van der Waals surface area contributed by atoms with Gasteiger partial charge in [-0.1, -0.05) is 36.2 Å². The SMILES string of the molecule is CCC(C(=O)O)C1CCCN(c2cc(NCCc3ccc(Cl)cc3Cl)nc(OC)n2)C1. The van der Waals surface area contributed by atoms with Crippen LogP contribution in [-0.2, 0) is 11.2 Å². The molecule has 7 nitrogen and oxygen atoms in total. The summed E-state index contributed by atoms with van der Waals surface area (Å²) in [4.78, 5) is 22.6. The van der Waals surface area contributed by atoms with Gasteiger partial charge in [-0.3, -0.25) is 4.79 Å². The van der Waals surface area contributed by atoms with E-state index in [2.05, 4.69) is 20.2 Å². The Kier molecular flexibility index (Phi) is 8.21. The molecular formula is C22H28Cl2N4O3. The first-order valence-electron chi connectivity index (χ1n) is 10.5. The molecule has 9 heteroatoms. The third-order valence-corrected chi connectivity index (χ3v) is 6.29. The summed E-state index contributed by atoms with van der Waals surface area (Å²) >= 11 is 12.2. The molecule has 0 bridgehead atoms. The molecule has 1 aromatic heterocycles. The van der Waals surface area contributed by atoms with Crippen LogP contribution in [0.4, 0.5) is 11.6 Å². The number of rotatable bonds is 9. The fraction of sp³-hybridized carbons (Fsp3) is 0.500. The van der Waals surface area contributed by atoms with Crippen molar-refractivity contribution in [2.75, 3.05) is 37.0 Å². The van der Waals surface area contributed by atoms with Gasteiger partial charge in [0.15, 0.2) is 0 Å². The predicted molar refractivity (Wildman–Crippen MR) is 124 cm³/mol. The van der Waals surface area contributed by atoms with Crippen LogP contribution in [0, 0.1) is 11.8 Å². The second kappa shape index (κ2) is 10.9. The Bertz CT molecular complexity index is 912. The van der Waals surface area contributed by atoms with Crippen molar-refractivity contribution < 1.29 is 14.6 Å². The van der Waals surface area contributed by atoms with Gasteiger partial charge in [0.1, 0.15) is 11.6 Å². The molecule has 2 N–H and O–H groups in total. The first kappa shape index (κ1) is 23.4. The number of ether oxygens (including phenoxy) is 1. The lowest BCUT2D eigenvalue weighted by Crippen LogP contribution is -2.40. The number of piperidine rings is 1. The maximum atomic E-state index is 11.6. The van der Waals surface area contributed by atoms with Crippen LogP contribution in [0.25, 0.3) is 0 Å². The lowest BCUT2D eigenvalue weighted by molar-refractivity contribution is -0.144. The molecule has 168 valence electrons. The van der Waals surface area contributed by atoms with Crippen LogP contribution in [-0.4, -0.2) is 47.8 Å². The molecule has 2 unspecified atom stereocenters. The monoisotopic (exact) mass is 466 g/mol. The summed E-state index contributed by atoms with van der Waals surface area (Å²) < 4.78 is 5.30. The molecule has 2 aromatic rings. The van der Waals surface area contributed by atoms with E-state index in [4.69, 9.17) is 27.9 Å². The van der Waals surface area contributed by atoms with Gasteiger partial charge in [-0.25, -0.2) is 0 Å². The Morgan fingerprint density at radius 2 is 2.16 bits per heavy atom. The fourth-order valence-electron chi connectivity index (χ4n) is 4.06. The molecule has 0 saturated carbocycles. The number of carboxylic acids is 1. The van der Waals surface area contributed by atoms with Gasteiger partial charge in [0.25, 0.3) is 0 Å². The van der Waals surface area contributed by atoms with Crippen molar-refractivity contribution in [3.63, 3.8) is 0 Å². The van der Waals surface area contributed by atoms with Crippen LogP contribution in [0.1, 0.15) is 31.7 Å². The van der Waals surface area contributed by atoms with E-state index in [1.165, 1.54) is 7.11 Å². The van der Waals surface area contributed by atoms with Crippen molar-refractivity contribution in [2.24, 2.45) is 11.8 Å². The van der Waals surface area contributed by atoms with Crippen LogP contribution in [0.5, 0.6) is 6.01 Å². The second-order valence-electron chi connectivity index (χ2n) is 7.71. The van der Waals surface area contributed by atoms with E-state index in [0.717, 1.165) is 30.8 Å². The molecular weight excluding hydrogens is 439 g/mol. The number of benzene rings is 1. The lowest BCUT2D eigenvalue weighted by atomic mass is 9.84. The number of carbonyl (C=O) groups is 1. The van der Waals surface area contributed by atoms with Crippen molar-refractivity contribution >= 4 is 40.8 Å². The highest BCUT2D eigenvalue weighted by Gasteiger charge is 2.31. The smallest absolute Gasteiger partial charge is 0.320 e. The number of methoxy groups -OCH3 is 1. The molecule has 1 saturated heterocycles. The second-order valence-corrected chi connectivity index (χ2v) is 8.56. The Balaban J connectivity index is 1.70. The van der Waals surface area contributed by atoms with E-state index in [1.807, 2.05) is 25.1 Å². The van der Waals surface area contributed by atoms with Gasteiger partial charge < -0.3 is 20.1 Å². The quantitative estimate of drug-likeness (QED) is 0.549. The van der Waals surface area contributed by atoms with Crippen molar-refractivity contribution in [2.45, 2.75) is 32.6 Å². The first-order chi connectivity index (χ1) is 14.9. The standard InChI is InChI=1S/C22H28Cl2N4O3/c1-3-17(21(29)30)15-5-4-10-28(13-15)20-12-19(26-22(27-20)31-2)25-9-8-14-6-7-16(23)11-18(14)24/h6-7,11-12,15,17H,3-5,8-10,13H2,1-2H3,(H,29,30)(H,25,26,27). The van der Waals surface area contributed by atoms with Crippen LogP contribution in [0.15, 0.2) is 24.3 Å². The van der Waals surface area contributed by atoms with Gasteiger partial charge in [0.05, 0.1) is 13.0 Å². The average Bonchev–Trinajstić information content (AvgIpc) is 2.75. The van der Waals surface area contributed by atoms with Crippen LogP contribution in [0.2, 0.25) is 10.0 Å². The molecule has 2 atom stereocenters. The van der Waals surface area contributed by atoms with Gasteiger partial charge in [-0.15, -0.1) is 0 Å². The van der Waals surface area contributed by atoms with Crippen molar-refractivity contribution in [1.29, 1.82) is 0 Å². The molecule has 0 aliphatic carbocycles. The number of nitrogens with zero attached hydrogens (tertiary/aromatic N) is 3. The Labute approximate surface area is 192 Å². The zero-order chi connectivity index (χ0) is 22.4. The van der Waals surface area contributed by atoms with E-state index in [1.54, 1.807) is 6.07 Å². The number of halogens is 2. The number of aromatic nitrogens is 2. The van der Waals surface area contributed by atoms with Crippen molar-refractivity contribution in [3.05, 3.63) is 39.9 Å². The van der Waals surface area contributed by atoms with E-state index in [0.29, 0.717) is 41.8 Å². The van der Waals surface area contributed by atoms with E-state index in [-0.39, 0.29) is 17.8 Å². The van der Waals surface area contributed by atoms with Crippen LogP contribution >= 0.6 is 23.2 Å². The molecule has 0 amide bonds. The minimum Gasteiger partial charge on any atom is -0.481 e. The summed E-state index contributed by atoms with van der Waals surface area (Å²) in [6.07, 6.45) is 3.18. The molecule has 2 heterocycles. The minimum absolute atomic E-state index is 0.0978. The van der Waals surface area contributed by atoms with E-state index >= 15 is 0 Å². The lowest BCUT2D eigenvalue weighted by Gasteiger charge is -2.36. The number of carboxylic acid groups (broad SMARTS) is 1. The maximum absolute atomic E-state index is 11.6. The Hall–Kier alpha value is -2.25. The number of hydrogen-bond donors (Lipinski definition) is 2. The highest BCUT2D eigenvalue weighted by molar-refractivity contribution is 6.35. The highest BCUT2D eigenvalue weighted by Crippen LogP contribution is 2.30. The molecule has 1 aliphatic heterocycles. The largest absolute Gasteiger partial charge is 0.481 e. The Morgan fingerprint density at radius 1 is 1.35 bits per heavy atom. The number of hydrogen-bond acceptors (Lipinski definition) is 6. The van der Waals surface area contributed by atoms with Gasteiger partial charge >= 0.3 is 12.0 Å². The maximum Gasteiger partial charge on any atom is 0.320 e. The molecule has 0 radical (unpaired) electrons. The number of nitrogens with one attached hydrogen (secondary N) is 1. The molecule has 1 fully saturated rings. The summed E-state index contributed by atoms with van der Waals surface area (Å²) in [5.41, 5.74) is 0.998. The summed E-state index contributed by atoms with van der Waals surface area (Å²) in [7, 11) is 1.53. The zero-order valence-electron chi connectivity index (χ0n) is 17.8. The van der Waals surface area contributed by atoms with Gasteiger partial charge in [0.2, 0.25) is 0 Å². The number of anilines is 2. The van der Waals surface area contributed by atoms with E-state index in [9.17, 15) is 9.90 Å². The minimum atomic E-state index is -0.724. The molecule has 3 rings (SSSR count).